The molecule has 2 aromatic carbocycles. The number of amides is 3. The number of hydrogen-bond donors (Lipinski definition) is 3. The van der Waals surface area contributed by atoms with Crippen LogP contribution >= 0.6 is 11.6 Å². The van der Waals surface area contributed by atoms with Gasteiger partial charge in [-0.3, -0.25) is 4.79 Å². The molecule has 30 heavy (non-hydrogen) atoms. The summed E-state index contributed by atoms with van der Waals surface area (Å²) in [5.41, 5.74) is 0.241. The van der Waals surface area contributed by atoms with Crippen molar-refractivity contribution in [1.29, 1.82) is 0 Å². The second-order valence-electron chi connectivity index (χ2n) is 7.04. The van der Waals surface area contributed by atoms with E-state index in [0.717, 1.165) is 5.56 Å². The van der Waals surface area contributed by atoms with Crippen molar-refractivity contribution in [3.8, 4) is 17.6 Å². The van der Waals surface area contributed by atoms with E-state index in [9.17, 15) is 19.1 Å². The quantitative estimate of drug-likeness (QED) is 0.650. The molecule has 2 atom stereocenters. The fourth-order valence-corrected chi connectivity index (χ4v) is 3.65. The minimum atomic E-state index is -1.46. The van der Waals surface area contributed by atoms with E-state index >= 15 is 0 Å². The molecule has 0 saturated carbocycles. The van der Waals surface area contributed by atoms with Crippen molar-refractivity contribution in [3.05, 3.63) is 63.9 Å². The second kappa shape index (κ2) is 7.52. The van der Waals surface area contributed by atoms with E-state index in [1.165, 1.54) is 30.2 Å². The molecule has 0 aromatic heterocycles. The third kappa shape index (κ3) is 3.54. The summed E-state index contributed by atoms with van der Waals surface area (Å²) in [5, 5.41) is 15.4. The average molecular weight is 430 g/mol. The van der Waals surface area contributed by atoms with Crippen LogP contribution in [0.4, 0.5) is 9.18 Å². The number of halogens is 2. The number of carbonyl (C=O) groups excluding carboxylic acids is 2. The van der Waals surface area contributed by atoms with Crippen LogP contribution < -0.4 is 15.4 Å². The predicted molar refractivity (Wildman–Crippen MR) is 106 cm³/mol. The van der Waals surface area contributed by atoms with Gasteiger partial charge in [-0.05, 0) is 35.9 Å². The fraction of sp³-hybridized carbons (Fsp3) is 0.238. The standard InChI is InChI=1S/C21H17ClFN3O4/c1-30-14-4-3-13-10-26(18(27)15(13)9-14)11-21(19(28)24-20(29)25-21)7-6-12-2-5-17(23)16(22)8-12/h2-5,8-9,19,28H,10-11H2,1H3,(H2,24,25,29)/t19?,21-/m1/s1. The predicted octanol–water partition coefficient (Wildman–Crippen LogP) is 1.87. The van der Waals surface area contributed by atoms with E-state index in [1.807, 2.05) is 0 Å². The first-order valence-electron chi connectivity index (χ1n) is 9.02. The maximum Gasteiger partial charge on any atom is 0.318 e. The third-order valence-electron chi connectivity index (χ3n) is 5.06. The summed E-state index contributed by atoms with van der Waals surface area (Å²) in [6.07, 6.45) is -1.36. The smallest absolute Gasteiger partial charge is 0.318 e. The Kier molecular flexibility index (Phi) is 5.02. The van der Waals surface area contributed by atoms with E-state index < -0.39 is 23.6 Å². The van der Waals surface area contributed by atoms with E-state index in [0.29, 0.717) is 23.4 Å². The van der Waals surface area contributed by atoms with Gasteiger partial charge in [-0.15, -0.1) is 0 Å². The Morgan fingerprint density at radius 3 is 2.80 bits per heavy atom. The molecule has 2 heterocycles. The van der Waals surface area contributed by atoms with E-state index in [4.69, 9.17) is 16.3 Å². The van der Waals surface area contributed by atoms with Crippen molar-refractivity contribution in [2.24, 2.45) is 0 Å². The lowest BCUT2D eigenvalue weighted by Gasteiger charge is -2.30. The van der Waals surface area contributed by atoms with Gasteiger partial charge in [-0.1, -0.05) is 29.5 Å². The molecular weight excluding hydrogens is 413 g/mol. The zero-order valence-electron chi connectivity index (χ0n) is 15.8. The topological polar surface area (TPSA) is 90.9 Å². The van der Waals surface area contributed by atoms with Crippen LogP contribution in [0.3, 0.4) is 0 Å². The number of rotatable bonds is 3. The normalized spacial score (nSPS) is 22.1. The number of nitrogens with zero attached hydrogens (tertiary/aromatic N) is 1. The molecule has 3 N–H and O–H groups in total. The Morgan fingerprint density at radius 1 is 1.33 bits per heavy atom. The molecule has 7 nitrogen and oxygen atoms in total. The summed E-state index contributed by atoms with van der Waals surface area (Å²) >= 11 is 5.79. The lowest BCUT2D eigenvalue weighted by Crippen LogP contribution is -2.56. The molecule has 2 aliphatic heterocycles. The zero-order valence-corrected chi connectivity index (χ0v) is 16.6. The van der Waals surface area contributed by atoms with Crippen LogP contribution in [-0.2, 0) is 6.54 Å². The number of carbonyl (C=O) groups is 2. The molecule has 2 aliphatic rings. The van der Waals surface area contributed by atoms with Gasteiger partial charge in [-0.25, -0.2) is 9.18 Å². The monoisotopic (exact) mass is 429 g/mol. The van der Waals surface area contributed by atoms with E-state index in [-0.39, 0.29) is 17.5 Å². The van der Waals surface area contributed by atoms with Gasteiger partial charge in [0.1, 0.15) is 11.6 Å². The summed E-state index contributed by atoms with van der Waals surface area (Å²) in [6.45, 7) is 0.233. The highest BCUT2D eigenvalue weighted by Gasteiger charge is 2.48. The average Bonchev–Trinajstić information content (AvgIpc) is 3.18. The summed E-state index contributed by atoms with van der Waals surface area (Å²) in [4.78, 5) is 26.3. The molecule has 0 bridgehead atoms. The Balaban J connectivity index is 1.64. The largest absolute Gasteiger partial charge is 0.497 e. The minimum Gasteiger partial charge on any atom is -0.497 e. The molecule has 1 fully saturated rings. The van der Waals surface area contributed by atoms with Crippen LogP contribution in [0.25, 0.3) is 0 Å². The highest BCUT2D eigenvalue weighted by Crippen LogP contribution is 2.29. The Labute approximate surface area is 176 Å². The Bertz CT molecular complexity index is 1110. The van der Waals surface area contributed by atoms with E-state index in [1.54, 1.807) is 18.2 Å². The van der Waals surface area contributed by atoms with Crippen LogP contribution in [-0.4, -0.2) is 47.4 Å². The fourth-order valence-electron chi connectivity index (χ4n) is 3.47. The van der Waals surface area contributed by atoms with Crippen LogP contribution in [0.2, 0.25) is 5.02 Å². The molecule has 0 spiro atoms. The third-order valence-corrected chi connectivity index (χ3v) is 5.35. The molecule has 1 unspecified atom stereocenters. The first-order chi connectivity index (χ1) is 14.3. The van der Waals surface area contributed by atoms with Crippen molar-refractivity contribution in [2.45, 2.75) is 18.3 Å². The van der Waals surface area contributed by atoms with Crippen LogP contribution in [0.5, 0.6) is 5.75 Å². The number of urea groups is 1. The van der Waals surface area contributed by atoms with Crippen molar-refractivity contribution >= 4 is 23.5 Å². The molecule has 9 heteroatoms. The summed E-state index contributed by atoms with van der Waals surface area (Å²) in [7, 11) is 1.52. The van der Waals surface area contributed by atoms with E-state index in [2.05, 4.69) is 22.5 Å². The number of ether oxygens (including phenoxy) is 1. The summed E-state index contributed by atoms with van der Waals surface area (Å²) in [6, 6.07) is 8.55. The van der Waals surface area contributed by atoms with Crippen LogP contribution in [0.15, 0.2) is 36.4 Å². The van der Waals surface area contributed by atoms with Gasteiger partial charge < -0.3 is 25.4 Å². The first kappa shape index (κ1) is 20.0. The summed E-state index contributed by atoms with van der Waals surface area (Å²) in [5.74, 6) is 5.36. The number of fused-ring (bicyclic) bond motifs is 1. The van der Waals surface area contributed by atoms with Gasteiger partial charge in [0.05, 0.1) is 18.7 Å². The molecular formula is C21H17ClFN3O4. The zero-order chi connectivity index (χ0) is 21.5. The number of aliphatic hydroxyl groups is 1. The lowest BCUT2D eigenvalue weighted by atomic mass is 9.98. The molecule has 3 amide bonds. The molecule has 1 saturated heterocycles. The highest BCUT2D eigenvalue weighted by atomic mass is 35.5. The summed E-state index contributed by atoms with van der Waals surface area (Å²) < 4.78 is 18.6. The van der Waals surface area contributed by atoms with Gasteiger partial charge in [0.2, 0.25) is 0 Å². The second-order valence-corrected chi connectivity index (χ2v) is 7.44. The van der Waals surface area contributed by atoms with Crippen LogP contribution in [0, 0.1) is 17.7 Å². The van der Waals surface area contributed by atoms with Gasteiger partial charge in [0.15, 0.2) is 11.8 Å². The van der Waals surface area contributed by atoms with Gasteiger partial charge in [-0.2, -0.15) is 0 Å². The Morgan fingerprint density at radius 2 is 2.13 bits per heavy atom. The van der Waals surface area contributed by atoms with Gasteiger partial charge >= 0.3 is 6.03 Å². The van der Waals surface area contributed by atoms with Crippen molar-refractivity contribution in [3.63, 3.8) is 0 Å². The van der Waals surface area contributed by atoms with Crippen molar-refractivity contribution in [1.82, 2.24) is 15.5 Å². The number of methoxy groups -OCH3 is 1. The molecule has 154 valence electrons. The van der Waals surface area contributed by atoms with Crippen molar-refractivity contribution in [2.75, 3.05) is 13.7 Å². The molecule has 2 aromatic rings. The number of nitrogens with one attached hydrogen (secondary N) is 2. The maximum atomic E-state index is 13.4. The molecule has 0 aliphatic carbocycles. The molecule has 0 radical (unpaired) electrons. The lowest BCUT2D eigenvalue weighted by molar-refractivity contribution is 0.0611. The van der Waals surface area contributed by atoms with Gasteiger partial charge in [0, 0.05) is 17.7 Å². The highest BCUT2D eigenvalue weighted by molar-refractivity contribution is 6.30. The SMILES string of the molecule is COc1ccc2c(c1)C(=O)N(C[C@@]1(C#Cc3ccc(F)c(Cl)c3)NC(=O)NC1O)C2. The number of hydrogen-bond acceptors (Lipinski definition) is 4. The number of benzene rings is 2. The minimum absolute atomic E-state index is 0.0648. The van der Waals surface area contributed by atoms with Crippen LogP contribution in [0.1, 0.15) is 21.5 Å². The van der Waals surface area contributed by atoms with Gasteiger partial charge in [0.25, 0.3) is 5.91 Å². The van der Waals surface area contributed by atoms with Crippen molar-refractivity contribution < 1.29 is 23.8 Å². The number of aliphatic hydroxyl groups excluding tert-OH is 1. The Hall–Kier alpha value is -3.28. The first-order valence-corrected chi connectivity index (χ1v) is 9.40. The molecule has 4 rings (SSSR count). The maximum absolute atomic E-state index is 13.4.